The molecule has 0 amide bonds. The van der Waals surface area contributed by atoms with Gasteiger partial charge in [-0.25, -0.2) is 0 Å². The van der Waals surface area contributed by atoms with Crippen LogP contribution in [0, 0.1) is 0 Å². The lowest BCUT2D eigenvalue weighted by Crippen LogP contribution is -2.20. The zero-order valence-electron chi connectivity index (χ0n) is 47.2. The summed E-state index contributed by atoms with van der Waals surface area (Å²) in [6.45, 7) is 27.5. The van der Waals surface area contributed by atoms with Gasteiger partial charge in [0, 0.05) is 61.1 Å². The molecule has 11 aromatic carbocycles. The Balaban J connectivity index is 0.928. The Hall–Kier alpha value is -8.34. The van der Waals surface area contributed by atoms with Crippen molar-refractivity contribution in [2.45, 2.75) is 105 Å². The molecule has 0 aliphatic carbocycles. The standard InChI is InChI=1S/C74H68N2O2/c1-71(2,3)51-25-31-53(32-26-51)75(69-57-19-15-13-17-45(57)23-35-63(69)73(7,8)9)55-29-21-47-39-59-61-43-62-60-40-48-22-30-56(38-50(48)42-66(60)78-68(62)44-67(61)77-65(59)41-49(47)37-55)76(54-33-27-52(28-34-54)72(4,5)6)70-58-20-16-14-18-46(58)24-36-64(70)74(10,11)12/h13-44H,1-12H3. The molecule has 78 heavy (non-hydrogen) atoms. The van der Waals surface area contributed by atoms with Gasteiger partial charge in [-0.2, -0.15) is 0 Å². The first-order chi connectivity index (χ1) is 37.2. The summed E-state index contributed by atoms with van der Waals surface area (Å²) in [5, 5.41) is 13.7. The lowest BCUT2D eigenvalue weighted by atomic mass is 9.83. The molecule has 4 heteroatoms. The maximum absolute atomic E-state index is 6.82. The van der Waals surface area contributed by atoms with Gasteiger partial charge in [-0.05, 0) is 155 Å². The fourth-order valence-corrected chi connectivity index (χ4v) is 12.0. The van der Waals surface area contributed by atoms with E-state index in [9.17, 15) is 0 Å². The van der Waals surface area contributed by atoms with Crippen molar-refractivity contribution in [3.8, 4) is 0 Å². The predicted octanol–water partition coefficient (Wildman–Crippen LogP) is 22.2. The molecule has 0 saturated heterocycles. The average molecular weight is 1020 g/mol. The molecule has 0 unspecified atom stereocenters. The molecule has 13 rings (SSSR count). The number of nitrogens with zero attached hydrogens (tertiary/aromatic N) is 2. The van der Waals surface area contributed by atoms with Gasteiger partial charge < -0.3 is 18.6 Å². The summed E-state index contributed by atoms with van der Waals surface area (Å²) in [5.41, 5.74) is 15.2. The molecule has 0 saturated carbocycles. The molecule has 2 heterocycles. The topological polar surface area (TPSA) is 32.8 Å². The smallest absolute Gasteiger partial charge is 0.139 e. The fourth-order valence-electron chi connectivity index (χ4n) is 12.0. The van der Waals surface area contributed by atoms with Crippen LogP contribution in [-0.4, -0.2) is 0 Å². The SMILES string of the molecule is CC(C)(C)c1ccc(N(c2ccc3cc4c(cc3c2)oc2cc3oc5cc6cc(N(c7ccc(C(C)(C)C)cc7)c7c(C(C)(C)C)ccc8ccccc78)ccc6cc5c3cc24)c2c(C(C)(C)C)ccc3ccccc23)cc1. The van der Waals surface area contributed by atoms with Crippen LogP contribution < -0.4 is 9.80 Å². The Bertz CT molecular complexity index is 4240. The van der Waals surface area contributed by atoms with Crippen molar-refractivity contribution in [3.63, 3.8) is 0 Å². The van der Waals surface area contributed by atoms with Crippen molar-refractivity contribution in [1.82, 2.24) is 0 Å². The van der Waals surface area contributed by atoms with E-state index in [-0.39, 0.29) is 21.7 Å². The second-order valence-corrected chi connectivity index (χ2v) is 25.9. The molecule has 2 aromatic heterocycles. The molecule has 0 N–H and O–H groups in total. The number of rotatable bonds is 6. The highest BCUT2D eigenvalue weighted by Crippen LogP contribution is 2.49. The van der Waals surface area contributed by atoms with Crippen LogP contribution in [0.1, 0.15) is 105 Å². The highest BCUT2D eigenvalue weighted by Gasteiger charge is 2.29. The molecule has 4 nitrogen and oxygen atoms in total. The van der Waals surface area contributed by atoms with Gasteiger partial charge >= 0.3 is 0 Å². The molecule has 386 valence electrons. The monoisotopic (exact) mass is 1020 g/mol. The summed E-state index contributed by atoms with van der Waals surface area (Å²) < 4.78 is 13.6. The van der Waals surface area contributed by atoms with Crippen LogP contribution in [0.3, 0.4) is 0 Å². The zero-order valence-corrected chi connectivity index (χ0v) is 47.2. The molecule has 0 aliphatic rings. The lowest BCUT2D eigenvalue weighted by molar-refractivity contribution is 0.589. The first-order valence-corrected chi connectivity index (χ1v) is 27.7. The third-order valence-corrected chi connectivity index (χ3v) is 16.3. The molecule has 13 aromatic rings. The molecule has 0 atom stereocenters. The van der Waals surface area contributed by atoms with Crippen LogP contribution >= 0.6 is 0 Å². The molecule has 0 bridgehead atoms. The van der Waals surface area contributed by atoms with Crippen molar-refractivity contribution in [3.05, 3.63) is 216 Å². The molecule has 0 radical (unpaired) electrons. The van der Waals surface area contributed by atoms with Crippen molar-refractivity contribution < 1.29 is 8.83 Å². The number of hydrogen-bond acceptors (Lipinski definition) is 4. The van der Waals surface area contributed by atoms with E-state index in [1.807, 2.05) is 0 Å². The van der Waals surface area contributed by atoms with Crippen LogP contribution in [-0.2, 0) is 21.7 Å². The fraction of sp³-hybridized carbons (Fsp3) is 0.216. The number of furan rings is 2. The third-order valence-electron chi connectivity index (χ3n) is 16.3. The first-order valence-electron chi connectivity index (χ1n) is 27.7. The van der Waals surface area contributed by atoms with Crippen LogP contribution in [0.15, 0.2) is 203 Å². The summed E-state index contributed by atoms with van der Waals surface area (Å²) in [4.78, 5) is 4.94. The first kappa shape index (κ1) is 49.2. The highest BCUT2D eigenvalue weighted by atomic mass is 16.3. The van der Waals surface area contributed by atoms with Gasteiger partial charge in [0.1, 0.15) is 22.3 Å². The molecule has 0 spiro atoms. The van der Waals surface area contributed by atoms with E-state index in [4.69, 9.17) is 8.83 Å². The highest BCUT2D eigenvalue weighted by molar-refractivity contribution is 6.19. The minimum atomic E-state index is -0.113. The normalized spacial score (nSPS) is 12.9. The summed E-state index contributed by atoms with van der Waals surface area (Å²) in [6, 6.07) is 72.3. The Morgan fingerprint density at radius 1 is 0.256 bits per heavy atom. The summed E-state index contributed by atoms with van der Waals surface area (Å²) >= 11 is 0. The largest absolute Gasteiger partial charge is 0.456 e. The number of anilines is 6. The van der Waals surface area contributed by atoms with Crippen LogP contribution in [0.5, 0.6) is 0 Å². The van der Waals surface area contributed by atoms with Crippen molar-refractivity contribution >= 4 is 121 Å². The predicted molar refractivity (Wildman–Crippen MR) is 335 cm³/mol. The van der Waals surface area contributed by atoms with Gasteiger partial charge in [-0.15, -0.1) is 0 Å². The van der Waals surface area contributed by atoms with Crippen molar-refractivity contribution in [1.29, 1.82) is 0 Å². The summed E-state index contributed by atoms with van der Waals surface area (Å²) in [7, 11) is 0. The van der Waals surface area contributed by atoms with Crippen LogP contribution in [0.2, 0.25) is 0 Å². The molecular weight excluding hydrogens is 949 g/mol. The molecular formula is C74H68N2O2. The second-order valence-electron chi connectivity index (χ2n) is 25.9. The maximum atomic E-state index is 6.82. The number of fused-ring (bicyclic) bond motifs is 10. The Morgan fingerprint density at radius 3 is 0.987 bits per heavy atom. The third kappa shape index (κ3) is 8.36. The van der Waals surface area contributed by atoms with Crippen LogP contribution in [0.4, 0.5) is 34.1 Å². The Labute approximate surface area is 458 Å². The minimum Gasteiger partial charge on any atom is -0.456 e. The minimum absolute atomic E-state index is 0.0368. The van der Waals surface area contributed by atoms with E-state index in [1.54, 1.807) is 0 Å². The Kier molecular flexibility index (Phi) is 11.1. The van der Waals surface area contributed by atoms with E-state index < -0.39 is 0 Å². The van der Waals surface area contributed by atoms with E-state index in [0.29, 0.717) is 0 Å². The Morgan fingerprint density at radius 2 is 0.603 bits per heavy atom. The molecule has 0 aliphatic heterocycles. The quantitative estimate of drug-likeness (QED) is 0.166. The van der Waals surface area contributed by atoms with Gasteiger partial charge in [0.25, 0.3) is 0 Å². The summed E-state index contributed by atoms with van der Waals surface area (Å²) in [6.07, 6.45) is 0. The zero-order chi connectivity index (χ0) is 54.2. The van der Waals surface area contributed by atoms with Crippen molar-refractivity contribution in [2.24, 2.45) is 0 Å². The summed E-state index contributed by atoms with van der Waals surface area (Å²) in [5.74, 6) is 0. The second kappa shape index (κ2) is 17.6. The average Bonchev–Trinajstić information content (AvgIpc) is 4.14. The maximum Gasteiger partial charge on any atom is 0.139 e. The van der Waals surface area contributed by atoms with Crippen molar-refractivity contribution in [2.75, 3.05) is 9.80 Å². The van der Waals surface area contributed by atoms with Gasteiger partial charge in [0.15, 0.2) is 0 Å². The van der Waals surface area contributed by atoms with E-state index in [2.05, 4.69) is 287 Å². The number of benzene rings is 11. The lowest BCUT2D eigenvalue weighted by Gasteiger charge is -2.33. The van der Waals surface area contributed by atoms with Gasteiger partial charge in [0.2, 0.25) is 0 Å². The van der Waals surface area contributed by atoms with Gasteiger partial charge in [-0.3, -0.25) is 0 Å². The molecule has 0 fully saturated rings. The number of hydrogen-bond donors (Lipinski definition) is 0. The van der Waals surface area contributed by atoms with Crippen LogP contribution in [0.25, 0.3) is 87.0 Å². The van der Waals surface area contributed by atoms with E-state index in [1.165, 1.54) is 55.2 Å². The van der Waals surface area contributed by atoms with E-state index >= 15 is 0 Å². The van der Waals surface area contributed by atoms with Gasteiger partial charge in [-0.1, -0.05) is 192 Å². The van der Waals surface area contributed by atoms with E-state index in [0.717, 1.165) is 88.2 Å². The van der Waals surface area contributed by atoms with Gasteiger partial charge in [0.05, 0.1) is 11.4 Å².